The zero-order chi connectivity index (χ0) is 10.7. The first-order valence-electron chi connectivity index (χ1n) is 4.97. The number of hydrogen-bond donors (Lipinski definition) is 1. The summed E-state index contributed by atoms with van der Waals surface area (Å²) in [6.45, 7) is 1.42. The zero-order valence-corrected chi connectivity index (χ0v) is 8.35. The van der Waals surface area contributed by atoms with E-state index in [1.807, 2.05) is 0 Å². The number of aromatic nitrogens is 2. The van der Waals surface area contributed by atoms with Gasteiger partial charge in [0.1, 0.15) is 5.69 Å². The Bertz CT molecular complexity index is 361. The van der Waals surface area contributed by atoms with E-state index in [9.17, 15) is 4.79 Å². The van der Waals surface area contributed by atoms with Gasteiger partial charge in [-0.3, -0.25) is 9.78 Å². The lowest BCUT2D eigenvalue weighted by Gasteiger charge is -2.22. The number of carbonyl (C=O) groups is 1. The van der Waals surface area contributed by atoms with Gasteiger partial charge < -0.3 is 10.5 Å². The van der Waals surface area contributed by atoms with Gasteiger partial charge in [0.25, 0.3) is 5.91 Å². The van der Waals surface area contributed by atoms with E-state index in [2.05, 4.69) is 9.97 Å². The largest absolute Gasteiger partial charge is 0.381 e. The monoisotopic (exact) mass is 207 g/mol. The Kier molecular flexibility index (Phi) is 2.91. The predicted octanol–water partition coefficient (Wildman–Crippen LogP) is 0.469. The van der Waals surface area contributed by atoms with E-state index in [-0.39, 0.29) is 5.92 Å². The molecule has 1 aromatic heterocycles. The molecule has 0 atom stereocenters. The van der Waals surface area contributed by atoms with E-state index in [4.69, 9.17) is 10.5 Å². The molecule has 2 rings (SSSR count). The molecule has 1 amide bonds. The molecular formula is C10H13N3O2. The quantitative estimate of drug-likeness (QED) is 0.764. The van der Waals surface area contributed by atoms with Gasteiger partial charge in [-0.1, -0.05) is 0 Å². The second kappa shape index (κ2) is 4.35. The molecule has 0 radical (unpaired) electrons. The molecule has 0 saturated carbocycles. The van der Waals surface area contributed by atoms with Crippen LogP contribution >= 0.6 is 0 Å². The van der Waals surface area contributed by atoms with Gasteiger partial charge in [0.2, 0.25) is 0 Å². The Hall–Kier alpha value is -1.49. The molecule has 5 nitrogen and oxygen atoms in total. The van der Waals surface area contributed by atoms with E-state index in [0.29, 0.717) is 24.6 Å². The lowest BCUT2D eigenvalue weighted by Crippen LogP contribution is -2.22. The summed E-state index contributed by atoms with van der Waals surface area (Å²) in [6.07, 6.45) is 4.83. The molecule has 0 aromatic carbocycles. The fourth-order valence-corrected chi connectivity index (χ4v) is 1.81. The van der Waals surface area contributed by atoms with Crippen LogP contribution in [-0.4, -0.2) is 29.1 Å². The highest BCUT2D eigenvalue weighted by molar-refractivity contribution is 5.91. The maximum Gasteiger partial charge on any atom is 0.269 e. The Balaban J connectivity index is 2.29. The van der Waals surface area contributed by atoms with Crippen molar-refractivity contribution in [3.8, 4) is 0 Å². The van der Waals surface area contributed by atoms with Crippen molar-refractivity contribution in [3.63, 3.8) is 0 Å². The highest BCUT2D eigenvalue weighted by Crippen LogP contribution is 2.26. The average molecular weight is 207 g/mol. The van der Waals surface area contributed by atoms with Crippen LogP contribution in [0.4, 0.5) is 0 Å². The van der Waals surface area contributed by atoms with Gasteiger partial charge in [-0.05, 0) is 12.8 Å². The summed E-state index contributed by atoms with van der Waals surface area (Å²) in [5.41, 5.74) is 6.26. The topological polar surface area (TPSA) is 78.1 Å². The summed E-state index contributed by atoms with van der Waals surface area (Å²) in [4.78, 5) is 19.3. The molecule has 0 unspecified atom stereocenters. The number of rotatable bonds is 2. The predicted molar refractivity (Wildman–Crippen MR) is 53.3 cm³/mol. The zero-order valence-electron chi connectivity index (χ0n) is 8.35. The van der Waals surface area contributed by atoms with Crippen LogP contribution in [-0.2, 0) is 4.74 Å². The van der Waals surface area contributed by atoms with E-state index < -0.39 is 5.91 Å². The van der Waals surface area contributed by atoms with Crippen molar-refractivity contribution in [2.24, 2.45) is 5.73 Å². The van der Waals surface area contributed by atoms with Gasteiger partial charge in [0.15, 0.2) is 0 Å². The summed E-state index contributed by atoms with van der Waals surface area (Å²) in [5.74, 6) is -0.264. The lowest BCUT2D eigenvalue weighted by molar-refractivity contribution is 0.0834. The number of ether oxygens (including phenoxy) is 1. The van der Waals surface area contributed by atoms with Crippen molar-refractivity contribution in [2.45, 2.75) is 18.8 Å². The molecule has 1 aromatic rings. The Morgan fingerprint density at radius 1 is 1.33 bits per heavy atom. The van der Waals surface area contributed by atoms with E-state index in [1.165, 1.54) is 6.20 Å². The molecule has 1 fully saturated rings. The summed E-state index contributed by atoms with van der Waals surface area (Å²) in [7, 11) is 0. The van der Waals surface area contributed by atoms with Crippen molar-refractivity contribution < 1.29 is 9.53 Å². The molecule has 2 N–H and O–H groups in total. The van der Waals surface area contributed by atoms with Gasteiger partial charge in [0.05, 0.1) is 5.69 Å². The molecule has 2 heterocycles. The van der Waals surface area contributed by atoms with Crippen molar-refractivity contribution in [3.05, 3.63) is 23.8 Å². The standard InChI is InChI=1S/C10H13N3O2/c11-10(14)9-8(12-3-4-13-9)7-1-5-15-6-2-7/h3-4,7H,1-2,5-6H2,(H2,11,14). The number of primary amides is 1. The molecule has 1 saturated heterocycles. The summed E-state index contributed by atoms with van der Waals surface area (Å²) < 4.78 is 5.26. The second-order valence-corrected chi connectivity index (χ2v) is 3.54. The number of hydrogen-bond acceptors (Lipinski definition) is 4. The normalized spacial score (nSPS) is 17.6. The smallest absolute Gasteiger partial charge is 0.269 e. The molecule has 5 heteroatoms. The molecule has 0 bridgehead atoms. The van der Waals surface area contributed by atoms with Crippen LogP contribution in [0.2, 0.25) is 0 Å². The van der Waals surface area contributed by atoms with Crippen LogP contribution in [0.5, 0.6) is 0 Å². The third-order valence-electron chi connectivity index (χ3n) is 2.57. The van der Waals surface area contributed by atoms with E-state index >= 15 is 0 Å². The van der Waals surface area contributed by atoms with Crippen LogP contribution in [0, 0.1) is 0 Å². The number of nitrogens with zero attached hydrogens (tertiary/aromatic N) is 2. The lowest BCUT2D eigenvalue weighted by atomic mass is 9.94. The van der Waals surface area contributed by atoms with Crippen LogP contribution in [0.1, 0.15) is 34.9 Å². The molecule has 15 heavy (non-hydrogen) atoms. The summed E-state index contributed by atoms with van der Waals surface area (Å²) in [6, 6.07) is 0. The SMILES string of the molecule is NC(=O)c1nccnc1C1CCOCC1. The van der Waals surface area contributed by atoms with E-state index in [1.54, 1.807) is 6.20 Å². The average Bonchev–Trinajstić information content (AvgIpc) is 2.30. The van der Waals surface area contributed by atoms with Crippen molar-refractivity contribution in [2.75, 3.05) is 13.2 Å². The maximum absolute atomic E-state index is 11.2. The molecule has 1 aliphatic rings. The molecular weight excluding hydrogens is 194 g/mol. The summed E-state index contributed by atoms with van der Waals surface area (Å²) >= 11 is 0. The third kappa shape index (κ3) is 2.12. The van der Waals surface area contributed by atoms with Gasteiger partial charge in [-0.15, -0.1) is 0 Å². The third-order valence-corrected chi connectivity index (χ3v) is 2.57. The van der Waals surface area contributed by atoms with Gasteiger partial charge in [-0.2, -0.15) is 0 Å². The molecule has 1 aliphatic heterocycles. The highest BCUT2D eigenvalue weighted by atomic mass is 16.5. The summed E-state index contributed by atoms with van der Waals surface area (Å²) in [5, 5.41) is 0. The van der Waals surface area contributed by atoms with Gasteiger partial charge in [-0.25, -0.2) is 4.98 Å². The van der Waals surface area contributed by atoms with Crippen LogP contribution in [0.3, 0.4) is 0 Å². The van der Waals surface area contributed by atoms with Gasteiger partial charge >= 0.3 is 0 Å². The second-order valence-electron chi connectivity index (χ2n) is 3.54. The molecule has 80 valence electrons. The Morgan fingerprint density at radius 2 is 2.00 bits per heavy atom. The van der Waals surface area contributed by atoms with Gasteiger partial charge in [0, 0.05) is 31.5 Å². The minimum atomic E-state index is -0.510. The fourth-order valence-electron chi connectivity index (χ4n) is 1.81. The van der Waals surface area contributed by atoms with E-state index in [0.717, 1.165) is 12.8 Å². The van der Waals surface area contributed by atoms with Crippen molar-refractivity contribution in [1.82, 2.24) is 9.97 Å². The Morgan fingerprint density at radius 3 is 2.67 bits per heavy atom. The molecule has 0 aliphatic carbocycles. The number of carbonyl (C=O) groups excluding carboxylic acids is 1. The molecule has 0 spiro atoms. The minimum Gasteiger partial charge on any atom is -0.381 e. The minimum absolute atomic E-state index is 0.245. The number of amides is 1. The number of nitrogens with two attached hydrogens (primary N) is 1. The van der Waals surface area contributed by atoms with Crippen LogP contribution in [0.15, 0.2) is 12.4 Å². The van der Waals surface area contributed by atoms with Crippen LogP contribution < -0.4 is 5.73 Å². The first-order valence-corrected chi connectivity index (χ1v) is 4.97. The highest BCUT2D eigenvalue weighted by Gasteiger charge is 2.22. The van der Waals surface area contributed by atoms with Crippen molar-refractivity contribution >= 4 is 5.91 Å². The first-order chi connectivity index (χ1) is 7.29. The maximum atomic E-state index is 11.2. The van der Waals surface area contributed by atoms with Crippen molar-refractivity contribution in [1.29, 1.82) is 0 Å². The Labute approximate surface area is 87.7 Å². The first kappa shape index (κ1) is 10.0. The fraction of sp³-hybridized carbons (Fsp3) is 0.500. The van der Waals surface area contributed by atoms with Crippen LogP contribution in [0.25, 0.3) is 0 Å².